The normalized spacial score (nSPS) is 12.0. The maximum atomic E-state index is 11.6. The van der Waals surface area contributed by atoms with Gasteiger partial charge in [-0.05, 0) is 42.2 Å². The van der Waals surface area contributed by atoms with E-state index in [-0.39, 0.29) is 17.6 Å². The predicted octanol–water partition coefficient (Wildman–Crippen LogP) is 5.31. The summed E-state index contributed by atoms with van der Waals surface area (Å²) >= 11 is 0. The molecule has 0 spiro atoms. The Kier molecular flexibility index (Phi) is 7.33. The van der Waals surface area contributed by atoms with Gasteiger partial charge in [-0.3, -0.25) is 4.79 Å². The Labute approximate surface area is 147 Å². The summed E-state index contributed by atoms with van der Waals surface area (Å²) in [5, 5.41) is 0.117. The van der Waals surface area contributed by atoms with Crippen molar-refractivity contribution in [1.29, 1.82) is 0 Å². The van der Waals surface area contributed by atoms with E-state index in [0.29, 0.717) is 12.2 Å². The fraction of sp³-hybridized carbons (Fsp3) is 0.632. The zero-order valence-corrected chi connectivity index (χ0v) is 17.2. The van der Waals surface area contributed by atoms with E-state index in [0.717, 1.165) is 24.2 Å². The second kappa shape index (κ2) is 8.56. The predicted molar refractivity (Wildman–Crippen MR) is 100 cm³/mol. The lowest BCUT2D eigenvalue weighted by Gasteiger charge is -2.36. The van der Waals surface area contributed by atoms with E-state index in [1.165, 1.54) is 0 Å². The summed E-state index contributed by atoms with van der Waals surface area (Å²) in [6, 6.07) is 5.72. The monoisotopic (exact) mass is 352 g/mol. The number of hydrogen-bond acceptors (Lipinski definition) is 4. The molecule has 136 valence electrons. The maximum absolute atomic E-state index is 11.6. The van der Waals surface area contributed by atoms with Gasteiger partial charge in [0.1, 0.15) is 12.4 Å². The Hall–Kier alpha value is -1.49. The van der Waals surface area contributed by atoms with Crippen LogP contribution in [-0.2, 0) is 16.1 Å². The first kappa shape index (κ1) is 20.6. The molecule has 1 aromatic carbocycles. The second-order valence-electron chi connectivity index (χ2n) is 7.61. The number of esters is 1. The molecular weight excluding hydrogens is 320 g/mol. The van der Waals surface area contributed by atoms with Gasteiger partial charge < -0.3 is 13.9 Å². The van der Waals surface area contributed by atoms with Crippen LogP contribution in [0.15, 0.2) is 18.2 Å². The van der Waals surface area contributed by atoms with Crippen molar-refractivity contribution in [3.63, 3.8) is 0 Å². The summed E-state index contributed by atoms with van der Waals surface area (Å²) < 4.78 is 17.1. The van der Waals surface area contributed by atoms with Crippen LogP contribution in [0.2, 0.25) is 18.1 Å². The van der Waals surface area contributed by atoms with Crippen molar-refractivity contribution in [2.24, 2.45) is 0 Å². The van der Waals surface area contributed by atoms with Gasteiger partial charge in [0.05, 0.1) is 7.11 Å². The van der Waals surface area contributed by atoms with E-state index in [4.69, 9.17) is 13.9 Å². The average Bonchev–Trinajstić information content (AvgIpc) is 2.50. The van der Waals surface area contributed by atoms with Gasteiger partial charge in [-0.25, -0.2) is 0 Å². The molecule has 0 aliphatic heterocycles. The van der Waals surface area contributed by atoms with Crippen LogP contribution in [0.3, 0.4) is 0 Å². The highest BCUT2D eigenvalue weighted by molar-refractivity contribution is 6.74. The third-order valence-corrected chi connectivity index (χ3v) is 8.88. The molecule has 4 nitrogen and oxygen atoms in total. The van der Waals surface area contributed by atoms with Gasteiger partial charge >= 0.3 is 5.97 Å². The zero-order chi connectivity index (χ0) is 18.4. The molecule has 0 atom stereocenters. The lowest BCUT2D eigenvalue weighted by Crippen LogP contribution is -2.43. The fourth-order valence-electron chi connectivity index (χ4n) is 1.87. The highest BCUT2D eigenvalue weighted by Gasteiger charge is 2.39. The average molecular weight is 353 g/mol. The minimum atomic E-state index is -1.93. The van der Waals surface area contributed by atoms with Gasteiger partial charge in [0.25, 0.3) is 8.32 Å². The van der Waals surface area contributed by atoms with E-state index in [2.05, 4.69) is 40.8 Å². The third kappa shape index (κ3) is 5.85. The zero-order valence-electron chi connectivity index (χ0n) is 16.2. The van der Waals surface area contributed by atoms with Crippen molar-refractivity contribution in [3.05, 3.63) is 23.8 Å². The van der Waals surface area contributed by atoms with Crippen molar-refractivity contribution in [3.8, 4) is 11.5 Å². The quantitative estimate of drug-likeness (QED) is 0.469. The van der Waals surface area contributed by atoms with Crippen molar-refractivity contribution in [2.75, 3.05) is 7.11 Å². The van der Waals surface area contributed by atoms with Gasteiger partial charge in [-0.2, -0.15) is 0 Å². The Morgan fingerprint density at radius 2 is 1.83 bits per heavy atom. The standard InChI is InChI=1S/C19H32O4Si/c1-8-9-10-18(20)22-14-15-11-12-16(17(13-15)21-5)23-24(6,7)19(2,3)4/h11-13H,8-10,14H2,1-7H3. The van der Waals surface area contributed by atoms with E-state index in [1.807, 2.05) is 18.2 Å². The third-order valence-electron chi connectivity index (χ3n) is 4.53. The highest BCUT2D eigenvalue weighted by Crippen LogP contribution is 2.40. The first-order chi connectivity index (χ1) is 11.1. The molecule has 0 radical (unpaired) electrons. The number of carbonyl (C=O) groups excluding carboxylic acids is 1. The molecular formula is C19H32O4Si. The number of carbonyl (C=O) groups is 1. The SMILES string of the molecule is CCCCC(=O)OCc1ccc(O[Si](C)(C)C(C)(C)C)c(OC)c1. The number of ether oxygens (including phenoxy) is 2. The van der Waals surface area contributed by atoms with Crippen LogP contribution in [0, 0.1) is 0 Å². The molecule has 0 amide bonds. The molecule has 5 heteroatoms. The number of methoxy groups -OCH3 is 1. The lowest BCUT2D eigenvalue weighted by molar-refractivity contribution is -0.145. The van der Waals surface area contributed by atoms with Crippen molar-refractivity contribution in [1.82, 2.24) is 0 Å². The van der Waals surface area contributed by atoms with Crippen LogP contribution in [0.25, 0.3) is 0 Å². The minimum absolute atomic E-state index is 0.117. The molecule has 0 bridgehead atoms. The molecule has 0 aromatic heterocycles. The molecule has 1 aromatic rings. The van der Waals surface area contributed by atoms with E-state index in [9.17, 15) is 4.79 Å². The Balaban J connectivity index is 2.80. The molecule has 1 rings (SSSR count). The second-order valence-corrected chi connectivity index (χ2v) is 12.3. The summed E-state index contributed by atoms with van der Waals surface area (Å²) in [4.78, 5) is 11.6. The van der Waals surface area contributed by atoms with Crippen molar-refractivity contribution in [2.45, 2.75) is 71.7 Å². The largest absolute Gasteiger partial charge is 0.541 e. The number of benzene rings is 1. The van der Waals surface area contributed by atoms with E-state index < -0.39 is 8.32 Å². The van der Waals surface area contributed by atoms with Gasteiger partial charge in [-0.1, -0.05) is 40.2 Å². The summed E-state index contributed by atoms with van der Waals surface area (Å²) in [5.74, 6) is 1.28. The Morgan fingerprint density at radius 3 is 2.38 bits per heavy atom. The molecule has 0 saturated heterocycles. The van der Waals surface area contributed by atoms with Gasteiger partial charge in [0, 0.05) is 6.42 Å². The first-order valence-electron chi connectivity index (χ1n) is 8.62. The van der Waals surface area contributed by atoms with Crippen LogP contribution >= 0.6 is 0 Å². The summed E-state index contributed by atoms with van der Waals surface area (Å²) in [6.45, 7) is 13.3. The van der Waals surface area contributed by atoms with Crippen LogP contribution in [-0.4, -0.2) is 21.4 Å². The molecule has 0 unspecified atom stereocenters. The smallest absolute Gasteiger partial charge is 0.306 e. The van der Waals surface area contributed by atoms with Gasteiger partial charge in [-0.15, -0.1) is 0 Å². The summed E-state index contributed by atoms with van der Waals surface area (Å²) in [6.07, 6.45) is 2.32. The van der Waals surface area contributed by atoms with Crippen LogP contribution < -0.4 is 9.16 Å². The molecule has 0 fully saturated rings. The van der Waals surface area contributed by atoms with Crippen LogP contribution in [0.5, 0.6) is 11.5 Å². The van der Waals surface area contributed by atoms with Crippen molar-refractivity contribution >= 4 is 14.3 Å². The Bertz CT molecular complexity index is 547. The maximum Gasteiger partial charge on any atom is 0.306 e. The molecule has 0 saturated carbocycles. The first-order valence-corrected chi connectivity index (χ1v) is 11.5. The number of unbranched alkanes of at least 4 members (excludes halogenated alkanes) is 1. The van der Waals surface area contributed by atoms with Gasteiger partial charge in [0.15, 0.2) is 5.75 Å². The van der Waals surface area contributed by atoms with Crippen LogP contribution in [0.1, 0.15) is 52.5 Å². The summed E-state index contributed by atoms with van der Waals surface area (Å²) in [7, 11) is -0.298. The van der Waals surface area contributed by atoms with Crippen LogP contribution in [0.4, 0.5) is 0 Å². The molecule has 0 aliphatic rings. The fourth-order valence-corrected chi connectivity index (χ4v) is 2.90. The highest BCUT2D eigenvalue weighted by atomic mass is 28.4. The molecule has 0 heterocycles. The lowest BCUT2D eigenvalue weighted by atomic mass is 10.2. The van der Waals surface area contributed by atoms with E-state index in [1.54, 1.807) is 7.11 Å². The molecule has 0 aliphatic carbocycles. The number of rotatable bonds is 8. The number of hydrogen-bond donors (Lipinski definition) is 0. The van der Waals surface area contributed by atoms with Gasteiger partial charge in [0.2, 0.25) is 0 Å². The van der Waals surface area contributed by atoms with Crippen molar-refractivity contribution < 1.29 is 18.7 Å². The summed E-state index contributed by atoms with van der Waals surface area (Å²) in [5.41, 5.74) is 0.902. The molecule has 0 N–H and O–H groups in total. The molecule has 24 heavy (non-hydrogen) atoms. The van der Waals surface area contributed by atoms with E-state index >= 15 is 0 Å². The Morgan fingerprint density at radius 1 is 1.17 bits per heavy atom. The topological polar surface area (TPSA) is 44.8 Å². The minimum Gasteiger partial charge on any atom is -0.541 e.